The Morgan fingerprint density at radius 1 is 1.27 bits per heavy atom. The molecule has 0 aromatic carbocycles. The Bertz CT molecular complexity index is 928. The molecule has 11 heteroatoms. The number of furan rings is 1. The molecule has 0 aliphatic carbocycles. The van der Waals surface area contributed by atoms with Crippen LogP contribution in [0.2, 0.25) is 0 Å². The number of halogens is 3. The Morgan fingerprint density at radius 2 is 2.00 bits per heavy atom. The van der Waals surface area contributed by atoms with E-state index in [9.17, 15) is 18.0 Å². The van der Waals surface area contributed by atoms with E-state index in [1.807, 2.05) is 47.0 Å². The second-order valence-corrected chi connectivity index (χ2v) is 8.42. The summed E-state index contributed by atoms with van der Waals surface area (Å²) in [6, 6.07) is 7.73. The first kappa shape index (κ1) is 24.8. The number of carbonyl (C=O) groups is 2. The normalized spacial score (nSPS) is 22.6. The van der Waals surface area contributed by atoms with Gasteiger partial charge in [0.05, 0.1) is 25.5 Å². The maximum Gasteiger partial charge on any atom is 0.490 e. The average molecular weight is 471 g/mol. The predicted octanol–water partition coefficient (Wildman–Crippen LogP) is 2.86. The molecule has 0 radical (unpaired) electrons. The summed E-state index contributed by atoms with van der Waals surface area (Å²) >= 11 is 0. The van der Waals surface area contributed by atoms with Gasteiger partial charge in [0.1, 0.15) is 11.5 Å². The van der Waals surface area contributed by atoms with Crippen molar-refractivity contribution in [3.8, 4) is 0 Å². The van der Waals surface area contributed by atoms with Crippen LogP contribution < -0.4 is 0 Å². The van der Waals surface area contributed by atoms with Crippen LogP contribution in [0.4, 0.5) is 13.2 Å². The number of aromatic nitrogens is 1. The Morgan fingerprint density at radius 3 is 2.58 bits per heavy atom. The highest BCUT2D eigenvalue weighted by molar-refractivity contribution is 5.92. The van der Waals surface area contributed by atoms with Gasteiger partial charge in [-0.25, -0.2) is 4.79 Å². The number of fused-ring (bicyclic) bond motifs is 1. The first-order valence-electron chi connectivity index (χ1n) is 10.6. The lowest BCUT2D eigenvalue weighted by atomic mass is 9.84. The van der Waals surface area contributed by atoms with Gasteiger partial charge in [0.2, 0.25) is 0 Å². The van der Waals surface area contributed by atoms with Crippen molar-refractivity contribution in [2.24, 2.45) is 18.9 Å². The highest BCUT2D eigenvalue weighted by Gasteiger charge is 2.42. The fourth-order valence-electron chi connectivity index (χ4n) is 4.29. The molecule has 2 aromatic heterocycles. The number of carboxylic acids is 1. The third-order valence-electron chi connectivity index (χ3n) is 6.00. The summed E-state index contributed by atoms with van der Waals surface area (Å²) in [6.07, 6.45) is -0.256. The molecule has 0 saturated carbocycles. The molecular formula is C22H28F3N3O5. The minimum absolute atomic E-state index is 0.130. The van der Waals surface area contributed by atoms with Crippen LogP contribution in [0.1, 0.15) is 22.7 Å². The topological polar surface area (TPSA) is 88.2 Å². The van der Waals surface area contributed by atoms with Gasteiger partial charge in [0.25, 0.3) is 5.91 Å². The summed E-state index contributed by atoms with van der Waals surface area (Å²) in [5.41, 5.74) is 0.758. The van der Waals surface area contributed by atoms with E-state index in [2.05, 4.69) is 11.9 Å². The van der Waals surface area contributed by atoms with Gasteiger partial charge in [-0.1, -0.05) is 0 Å². The number of ether oxygens (including phenoxy) is 1. The van der Waals surface area contributed by atoms with Crippen LogP contribution >= 0.6 is 0 Å². The van der Waals surface area contributed by atoms with E-state index >= 15 is 0 Å². The van der Waals surface area contributed by atoms with E-state index < -0.39 is 12.1 Å². The first-order valence-corrected chi connectivity index (χ1v) is 10.6. The minimum Gasteiger partial charge on any atom is -0.475 e. The van der Waals surface area contributed by atoms with Crippen LogP contribution in [0.25, 0.3) is 0 Å². The molecule has 2 aromatic rings. The smallest absolute Gasteiger partial charge is 0.475 e. The number of alkyl halides is 3. The van der Waals surface area contributed by atoms with Crippen molar-refractivity contribution >= 4 is 11.9 Å². The van der Waals surface area contributed by atoms with Gasteiger partial charge in [0, 0.05) is 38.8 Å². The largest absolute Gasteiger partial charge is 0.490 e. The summed E-state index contributed by atoms with van der Waals surface area (Å²) in [6.45, 7) is 4.05. The molecule has 0 bridgehead atoms. The van der Waals surface area contributed by atoms with Gasteiger partial charge in [-0.3, -0.25) is 9.69 Å². The third kappa shape index (κ3) is 6.38. The lowest BCUT2D eigenvalue weighted by molar-refractivity contribution is -0.192. The molecule has 2 aliphatic heterocycles. The van der Waals surface area contributed by atoms with Crippen molar-refractivity contribution < 1.29 is 37.0 Å². The summed E-state index contributed by atoms with van der Waals surface area (Å²) < 4.78 is 45.2. The van der Waals surface area contributed by atoms with Gasteiger partial charge in [0.15, 0.2) is 0 Å². The first-order chi connectivity index (χ1) is 15.6. The standard InChI is InChI=1S/C20H27N3O3.C2HF3O2/c1-21(11-16-5-4-10-25-16)13-19-17-12-23(9-7-15(17)14-26-19)20(24)18-6-3-8-22(18)2;3-2(4,5)1(6)7/h3-6,8,10,15,17,19H,7,9,11-14H2,1-2H3;(H,6,7)/t15-,17-,19+;/m0./s1. The molecule has 182 valence electrons. The molecule has 2 fully saturated rings. The van der Waals surface area contributed by atoms with Gasteiger partial charge in [-0.05, 0) is 43.7 Å². The highest BCUT2D eigenvalue weighted by atomic mass is 19.4. The lowest BCUT2D eigenvalue weighted by Gasteiger charge is -2.36. The quantitative estimate of drug-likeness (QED) is 0.722. The number of amides is 1. The Balaban J connectivity index is 0.000000383. The molecule has 2 aliphatic rings. The minimum atomic E-state index is -5.08. The highest BCUT2D eigenvalue weighted by Crippen LogP contribution is 2.35. The number of carbonyl (C=O) groups excluding carboxylic acids is 1. The lowest BCUT2D eigenvalue weighted by Crippen LogP contribution is -2.47. The molecule has 0 unspecified atom stereocenters. The molecule has 4 rings (SSSR count). The summed E-state index contributed by atoms with van der Waals surface area (Å²) in [5, 5.41) is 7.12. The molecular weight excluding hydrogens is 443 g/mol. The van der Waals surface area contributed by atoms with Crippen molar-refractivity contribution in [2.75, 3.05) is 33.3 Å². The van der Waals surface area contributed by atoms with Crippen molar-refractivity contribution in [1.29, 1.82) is 0 Å². The van der Waals surface area contributed by atoms with Crippen LogP contribution in [-0.2, 0) is 23.1 Å². The average Bonchev–Trinajstić information content (AvgIpc) is 3.49. The van der Waals surface area contributed by atoms with Gasteiger partial charge in [-0.15, -0.1) is 0 Å². The third-order valence-corrected chi connectivity index (χ3v) is 6.00. The van der Waals surface area contributed by atoms with Crippen molar-refractivity contribution in [3.63, 3.8) is 0 Å². The zero-order valence-corrected chi connectivity index (χ0v) is 18.5. The van der Waals surface area contributed by atoms with Crippen LogP contribution in [0.5, 0.6) is 0 Å². The maximum atomic E-state index is 12.9. The summed E-state index contributed by atoms with van der Waals surface area (Å²) in [7, 11) is 4.01. The fraction of sp³-hybridized carbons (Fsp3) is 0.545. The van der Waals surface area contributed by atoms with E-state index in [-0.39, 0.29) is 12.0 Å². The number of carboxylic acid groups (broad SMARTS) is 1. The molecule has 4 heterocycles. The van der Waals surface area contributed by atoms with E-state index in [4.69, 9.17) is 19.1 Å². The van der Waals surface area contributed by atoms with E-state index in [0.29, 0.717) is 11.8 Å². The predicted molar refractivity (Wildman–Crippen MR) is 111 cm³/mol. The fourth-order valence-corrected chi connectivity index (χ4v) is 4.29. The number of likely N-dealkylation sites (N-methyl/N-ethyl adjacent to an activating group) is 1. The van der Waals surface area contributed by atoms with Crippen LogP contribution in [0, 0.1) is 11.8 Å². The number of hydrogen-bond acceptors (Lipinski definition) is 5. The SMILES string of the molecule is CN(Cc1ccco1)C[C@H]1OC[C@@H]2CCN(C(=O)c3cccn3C)C[C@@H]21.O=C(O)C(F)(F)F. The number of aliphatic carboxylic acids is 1. The number of hydrogen-bond donors (Lipinski definition) is 1. The van der Waals surface area contributed by atoms with E-state index in [1.165, 1.54) is 0 Å². The molecule has 8 nitrogen and oxygen atoms in total. The van der Waals surface area contributed by atoms with Crippen LogP contribution in [0.15, 0.2) is 41.1 Å². The number of nitrogens with zero attached hydrogens (tertiary/aromatic N) is 3. The summed E-state index contributed by atoms with van der Waals surface area (Å²) in [5.74, 6) is -0.689. The second kappa shape index (κ2) is 10.4. The molecule has 3 atom stereocenters. The molecule has 33 heavy (non-hydrogen) atoms. The summed E-state index contributed by atoms with van der Waals surface area (Å²) in [4.78, 5) is 26.0. The number of aryl methyl sites for hydroxylation is 1. The molecule has 1 amide bonds. The Hall–Kier alpha value is -2.79. The Kier molecular flexibility index (Phi) is 7.85. The number of likely N-dealkylation sites (tertiary alicyclic amines) is 1. The van der Waals surface area contributed by atoms with Crippen molar-refractivity contribution in [1.82, 2.24) is 14.4 Å². The monoisotopic (exact) mass is 471 g/mol. The van der Waals surface area contributed by atoms with Crippen molar-refractivity contribution in [3.05, 3.63) is 48.2 Å². The van der Waals surface area contributed by atoms with Crippen molar-refractivity contribution in [2.45, 2.75) is 25.2 Å². The maximum absolute atomic E-state index is 12.9. The zero-order chi connectivity index (χ0) is 24.2. The zero-order valence-electron chi connectivity index (χ0n) is 18.5. The molecule has 2 saturated heterocycles. The Labute approximate surface area is 189 Å². The molecule has 1 N–H and O–H groups in total. The van der Waals surface area contributed by atoms with Crippen LogP contribution in [-0.4, -0.2) is 76.9 Å². The second-order valence-electron chi connectivity index (χ2n) is 8.42. The molecule has 0 spiro atoms. The van der Waals surface area contributed by atoms with Gasteiger partial charge < -0.3 is 23.7 Å². The van der Waals surface area contributed by atoms with Crippen LogP contribution in [0.3, 0.4) is 0 Å². The van der Waals surface area contributed by atoms with E-state index in [0.717, 1.165) is 50.7 Å². The van der Waals surface area contributed by atoms with Gasteiger partial charge in [-0.2, -0.15) is 13.2 Å². The number of piperidine rings is 1. The van der Waals surface area contributed by atoms with E-state index in [1.54, 1.807) is 6.26 Å². The number of rotatable bonds is 5. The van der Waals surface area contributed by atoms with Gasteiger partial charge >= 0.3 is 12.1 Å².